The van der Waals surface area contributed by atoms with Crippen molar-refractivity contribution in [2.24, 2.45) is 10.9 Å². The first kappa shape index (κ1) is 14.9. The Balaban J connectivity index is 3.13. The quantitative estimate of drug-likeness (QED) is 0.318. The Hall–Kier alpha value is -1.12. The largest absolute Gasteiger partial charge is 0.409 e. The molecule has 18 heavy (non-hydrogen) atoms. The summed E-state index contributed by atoms with van der Waals surface area (Å²) < 4.78 is 27.0. The summed E-state index contributed by atoms with van der Waals surface area (Å²) in [6, 6.07) is 3.16. The molecule has 0 aliphatic heterocycles. The zero-order valence-electron chi connectivity index (χ0n) is 10.3. The van der Waals surface area contributed by atoms with E-state index in [2.05, 4.69) is 9.88 Å². The predicted octanol–water partition coefficient (Wildman–Crippen LogP) is 1.33. The molecule has 0 atom stereocenters. The van der Waals surface area contributed by atoms with Crippen molar-refractivity contribution < 1.29 is 13.6 Å². The number of amidine groups is 1. The van der Waals surface area contributed by atoms with Crippen molar-refractivity contribution in [1.82, 2.24) is 4.72 Å². The van der Waals surface area contributed by atoms with Gasteiger partial charge in [0.1, 0.15) is 4.21 Å². The van der Waals surface area contributed by atoms with E-state index >= 15 is 0 Å². The Labute approximate surface area is 111 Å². The van der Waals surface area contributed by atoms with E-state index in [4.69, 9.17) is 10.9 Å². The average Bonchev–Trinajstić information content (AvgIpc) is 2.89. The van der Waals surface area contributed by atoms with Gasteiger partial charge in [-0.1, -0.05) is 25.1 Å². The number of thiophene rings is 1. The Morgan fingerprint density at radius 2 is 2.17 bits per heavy atom. The van der Waals surface area contributed by atoms with Crippen LogP contribution < -0.4 is 10.5 Å². The van der Waals surface area contributed by atoms with Gasteiger partial charge in [0.25, 0.3) is 10.0 Å². The molecule has 0 fully saturated rings. The molecule has 0 spiro atoms. The molecule has 0 aliphatic rings. The van der Waals surface area contributed by atoms with Crippen molar-refractivity contribution in [3.63, 3.8) is 0 Å². The minimum Gasteiger partial charge on any atom is -0.409 e. The SMILES string of the molecule is CCC(CC)(NS(=O)(=O)c1cccs1)/C(N)=N/O. The van der Waals surface area contributed by atoms with Crippen LogP contribution in [0.15, 0.2) is 26.9 Å². The third kappa shape index (κ3) is 2.82. The monoisotopic (exact) mass is 291 g/mol. The molecule has 8 heteroatoms. The number of nitrogens with one attached hydrogen (secondary N) is 1. The van der Waals surface area contributed by atoms with E-state index in [9.17, 15) is 8.42 Å². The molecular weight excluding hydrogens is 274 g/mol. The Morgan fingerprint density at radius 3 is 2.56 bits per heavy atom. The zero-order valence-corrected chi connectivity index (χ0v) is 11.9. The highest BCUT2D eigenvalue weighted by Gasteiger charge is 2.36. The van der Waals surface area contributed by atoms with E-state index in [1.54, 1.807) is 25.3 Å². The van der Waals surface area contributed by atoms with Crippen LogP contribution >= 0.6 is 11.3 Å². The summed E-state index contributed by atoms with van der Waals surface area (Å²) >= 11 is 1.12. The van der Waals surface area contributed by atoms with Crippen molar-refractivity contribution in [3.8, 4) is 0 Å². The van der Waals surface area contributed by atoms with E-state index in [0.29, 0.717) is 12.8 Å². The number of hydrogen-bond acceptors (Lipinski definition) is 5. The molecule has 0 radical (unpaired) electrons. The van der Waals surface area contributed by atoms with Gasteiger partial charge in [-0.25, -0.2) is 8.42 Å². The van der Waals surface area contributed by atoms with Gasteiger partial charge in [-0.15, -0.1) is 11.3 Å². The van der Waals surface area contributed by atoms with Crippen molar-refractivity contribution in [1.29, 1.82) is 0 Å². The molecule has 1 rings (SSSR count). The number of rotatable bonds is 6. The second-order valence-electron chi connectivity index (χ2n) is 3.81. The lowest BCUT2D eigenvalue weighted by Gasteiger charge is -2.30. The van der Waals surface area contributed by atoms with Crippen LogP contribution in [0.4, 0.5) is 0 Å². The highest BCUT2D eigenvalue weighted by Crippen LogP contribution is 2.22. The van der Waals surface area contributed by atoms with Gasteiger partial charge in [-0.05, 0) is 24.3 Å². The lowest BCUT2D eigenvalue weighted by atomic mass is 9.93. The van der Waals surface area contributed by atoms with Crippen LogP contribution in [-0.4, -0.2) is 25.0 Å². The fourth-order valence-corrected chi connectivity index (χ4v) is 4.14. The second-order valence-corrected chi connectivity index (χ2v) is 6.67. The lowest BCUT2D eigenvalue weighted by molar-refractivity contribution is 0.307. The fourth-order valence-electron chi connectivity index (χ4n) is 1.63. The summed E-state index contributed by atoms with van der Waals surface area (Å²) in [6.07, 6.45) is 0.786. The first-order valence-electron chi connectivity index (χ1n) is 5.47. The number of nitrogens with two attached hydrogens (primary N) is 1. The highest BCUT2D eigenvalue weighted by molar-refractivity contribution is 7.91. The number of sulfonamides is 1. The molecular formula is C10H17N3O3S2. The van der Waals surface area contributed by atoms with E-state index in [-0.39, 0.29) is 10.0 Å². The highest BCUT2D eigenvalue weighted by atomic mass is 32.2. The van der Waals surface area contributed by atoms with Gasteiger partial charge in [0.15, 0.2) is 5.84 Å². The molecule has 0 aromatic carbocycles. The molecule has 1 aromatic heterocycles. The van der Waals surface area contributed by atoms with Crippen molar-refractivity contribution in [2.45, 2.75) is 36.4 Å². The first-order valence-corrected chi connectivity index (χ1v) is 7.83. The summed E-state index contributed by atoms with van der Waals surface area (Å²) in [4.78, 5) is 0. The van der Waals surface area contributed by atoms with Crippen LogP contribution in [0.25, 0.3) is 0 Å². The maximum Gasteiger partial charge on any atom is 0.250 e. The average molecular weight is 291 g/mol. The predicted molar refractivity (Wildman–Crippen MR) is 71.4 cm³/mol. The normalized spacial score (nSPS) is 13.8. The molecule has 0 aliphatic carbocycles. The molecule has 0 bridgehead atoms. The van der Waals surface area contributed by atoms with E-state index in [0.717, 1.165) is 11.3 Å². The third-order valence-corrected chi connectivity index (χ3v) is 5.83. The van der Waals surface area contributed by atoms with Gasteiger partial charge in [-0.3, -0.25) is 0 Å². The van der Waals surface area contributed by atoms with Gasteiger partial charge in [-0.2, -0.15) is 4.72 Å². The van der Waals surface area contributed by atoms with Crippen LogP contribution in [0, 0.1) is 0 Å². The Morgan fingerprint density at radius 1 is 1.56 bits per heavy atom. The molecule has 1 aromatic rings. The van der Waals surface area contributed by atoms with Crippen LogP contribution in [0.3, 0.4) is 0 Å². The molecule has 0 unspecified atom stereocenters. The van der Waals surface area contributed by atoms with Crippen LogP contribution in [0.2, 0.25) is 0 Å². The summed E-state index contributed by atoms with van der Waals surface area (Å²) in [5.41, 5.74) is 4.55. The van der Waals surface area contributed by atoms with Crippen LogP contribution in [0.1, 0.15) is 26.7 Å². The molecule has 4 N–H and O–H groups in total. The van der Waals surface area contributed by atoms with Crippen molar-refractivity contribution >= 4 is 27.2 Å². The maximum atomic E-state index is 12.2. The molecule has 102 valence electrons. The minimum absolute atomic E-state index is 0.132. The molecule has 0 saturated heterocycles. The zero-order chi connectivity index (χ0) is 13.8. The number of oxime groups is 1. The second kappa shape index (κ2) is 5.68. The fraction of sp³-hybridized carbons (Fsp3) is 0.500. The standard InChI is InChI=1S/C10H17N3O3S2/c1-3-10(4-2,9(11)12-14)13-18(15,16)8-6-5-7-17-8/h5-7,13-14H,3-4H2,1-2H3,(H2,11,12). The molecule has 0 amide bonds. The maximum absolute atomic E-state index is 12.2. The van der Waals surface area contributed by atoms with E-state index in [1.165, 1.54) is 6.07 Å². The summed E-state index contributed by atoms with van der Waals surface area (Å²) in [5.74, 6) is -0.132. The number of nitrogens with zero attached hydrogens (tertiary/aromatic N) is 1. The van der Waals surface area contributed by atoms with Gasteiger partial charge in [0.05, 0.1) is 5.54 Å². The van der Waals surface area contributed by atoms with Crippen LogP contribution in [-0.2, 0) is 10.0 Å². The van der Waals surface area contributed by atoms with Gasteiger partial charge in [0, 0.05) is 0 Å². The van der Waals surface area contributed by atoms with Crippen molar-refractivity contribution in [3.05, 3.63) is 17.5 Å². The molecule has 1 heterocycles. The summed E-state index contributed by atoms with van der Waals surface area (Å²) in [7, 11) is -3.66. The summed E-state index contributed by atoms with van der Waals surface area (Å²) in [6.45, 7) is 3.55. The van der Waals surface area contributed by atoms with Gasteiger partial charge < -0.3 is 10.9 Å². The topological polar surface area (TPSA) is 105 Å². The van der Waals surface area contributed by atoms with Gasteiger partial charge in [0.2, 0.25) is 0 Å². The number of hydrogen-bond donors (Lipinski definition) is 3. The first-order chi connectivity index (χ1) is 8.41. The van der Waals surface area contributed by atoms with Gasteiger partial charge >= 0.3 is 0 Å². The summed E-state index contributed by atoms with van der Waals surface area (Å²) in [5, 5.41) is 13.4. The molecule has 0 saturated carbocycles. The van der Waals surface area contributed by atoms with E-state index < -0.39 is 15.6 Å². The Kier molecular flexibility index (Phi) is 4.71. The van der Waals surface area contributed by atoms with Crippen molar-refractivity contribution in [2.75, 3.05) is 0 Å². The third-order valence-electron chi connectivity index (χ3n) is 2.89. The minimum atomic E-state index is -3.66. The smallest absolute Gasteiger partial charge is 0.250 e. The lowest BCUT2D eigenvalue weighted by Crippen LogP contribution is -2.56. The van der Waals surface area contributed by atoms with Crippen LogP contribution in [0.5, 0.6) is 0 Å². The molecule has 6 nitrogen and oxygen atoms in total. The van der Waals surface area contributed by atoms with E-state index in [1.807, 2.05) is 0 Å². The Bertz CT molecular complexity index is 504.